The molecule has 3 heterocycles. The summed E-state index contributed by atoms with van der Waals surface area (Å²) in [4.78, 5) is 17.6. The molecule has 5 heteroatoms. The van der Waals surface area contributed by atoms with Crippen LogP contribution in [0.15, 0.2) is 89.0 Å². The number of carboxylic acid groups (broad SMARTS) is 1. The topological polar surface area (TPSA) is 70.9 Å². The summed E-state index contributed by atoms with van der Waals surface area (Å²) >= 11 is 0. The lowest BCUT2D eigenvalue weighted by atomic mass is 9.83. The Morgan fingerprint density at radius 2 is 1.44 bits per heavy atom. The van der Waals surface area contributed by atoms with Gasteiger partial charge < -0.3 is 15.2 Å². The molecule has 0 spiro atoms. The molecule has 5 nitrogen and oxygen atoms in total. The number of anilines is 1. The molecular formula is C40H38N2O3. The highest BCUT2D eigenvalue weighted by molar-refractivity contribution is 6.09. The van der Waals surface area contributed by atoms with E-state index in [-0.39, 0.29) is 16.7 Å². The molecule has 7 rings (SSSR count). The van der Waals surface area contributed by atoms with Crippen molar-refractivity contribution in [1.29, 1.82) is 0 Å². The van der Waals surface area contributed by atoms with Crippen LogP contribution >= 0.6 is 0 Å². The predicted octanol–water partition coefficient (Wildman–Crippen LogP) is 8.70. The van der Waals surface area contributed by atoms with Crippen LogP contribution < -0.4 is 20.6 Å². The van der Waals surface area contributed by atoms with Crippen LogP contribution in [0.2, 0.25) is 0 Å². The van der Waals surface area contributed by atoms with Crippen LogP contribution in [0.5, 0.6) is 11.5 Å². The zero-order chi connectivity index (χ0) is 32.0. The fourth-order valence-corrected chi connectivity index (χ4v) is 7.70. The maximum Gasteiger partial charge on any atom is 0.335 e. The van der Waals surface area contributed by atoms with Gasteiger partial charge in [0.25, 0.3) is 0 Å². The normalized spacial score (nSPS) is 18.0. The van der Waals surface area contributed by atoms with Crippen molar-refractivity contribution in [2.24, 2.45) is 4.99 Å². The number of allylic oxidation sites excluding steroid dienone is 4. The van der Waals surface area contributed by atoms with Gasteiger partial charge in [0.2, 0.25) is 0 Å². The average Bonchev–Trinajstić information content (AvgIpc) is 2.96. The van der Waals surface area contributed by atoms with Gasteiger partial charge in [0, 0.05) is 43.9 Å². The molecule has 0 bridgehead atoms. The van der Waals surface area contributed by atoms with E-state index < -0.39 is 5.97 Å². The van der Waals surface area contributed by atoms with Crippen LogP contribution in [0.3, 0.4) is 0 Å². The summed E-state index contributed by atoms with van der Waals surface area (Å²) in [7, 11) is 0. The molecule has 3 aliphatic rings. The van der Waals surface area contributed by atoms with Crippen molar-refractivity contribution in [3.63, 3.8) is 0 Å². The molecule has 0 saturated heterocycles. The number of hydrogen-bond acceptors (Lipinski definition) is 4. The SMILES string of the molecule is C/C=C(C1=c2ccc3c4c(ccc3c2Oc2c1ccc1c3c(ccc21)NC(C)(C)C=C3C)=NC(C)(C)C=C4C)\C(=C/C)C(=O)O. The maximum atomic E-state index is 12.5. The molecular weight excluding hydrogens is 556 g/mol. The second-order valence-corrected chi connectivity index (χ2v) is 13.5. The van der Waals surface area contributed by atoms with Crippen molar-refractivity contribution >= 4 is 49.9 Å². The molecule has 4 aromatic rings. The lowest BCUT2D eigenvalue weighted by Crippen LogP contribution is -2.31. The summed E-state index contributed by atoms with van der Waals surface area (Å²) in [6, 6.07) is 16.9. The Hall–Kier alpha value is -4.90. The number of benzene rings is 4. The second-order valence-electron chi connectivity index (χ2n) is 13.5. The summed E-state index contributed by atoms with van der Waals surface area (Å²) in [5.74, 6) is 0.503. The zero-order valence-electron chi connectivity index (χ0n) is 27.1. The lowest BCUT2D eigenvalue weighted by Gasteiger charge is -2.33. The van der Waals surface area contributed by atoms with Crippen molar-refractivity contribution < 1.29 is 14.6 Å². The Kier molecular flexibility index (Phi) is 6.28. The minimum Gasteiger partial charge on any atom is -0.478 e. The Morgan fingerprint density at radius 3 is 2.16 bits per heavy atom. The van der Waals surface area contributed by atoms with Gasteiger partial charge in [-0.2, -0.15) is 0 Å². The second kappa shape index (κ2) is 9.80. The average molecular weight is 595 g/mol. The van der Waals surface area contributed by atoms with Crippen molar-refractivity contribution in [2.45, 2.75) is 66.5 Å². The van der Waals surface area contributed by atoms with E-state index >= 15 is 0 Å². The molecule has 0 fully saturated rings. The molecule has 226 valence electrons. The van der Waals surface area contributed by atoms with Crippen molar-refractivity contribution in [1.82, 2.24) is 0 Å². The van der Waals surface area contributed by atoms with E-state index in [1.807, 2.05) is 13.0 Å². The number of ether oxygens (including phenoxy) is 1. The maximum absolute atomic E-state index is 12.5. The van der Waals surface area contributed by atoms with Gasteiger partial charge in [0.1, 0.15) is 11.5 Å². The van der Waals surface area contributed by atoms with Crippen molar-refractivity contribution in [3.05, 3.63) is 111 Å². The number of fused-ring (bicyclic) bond motifs is 10. The number of carbonyl (C=O) groups is 1. The third-order valence-electron chi connectivity index (χ3n) is 9.19. The molecule has 0 unspecified atom stereocenters. The highest BCUT2D eigenvalue weighted by Gasteiger charge is 2.31. The largest absolute Gasteiger partial charge is 0.478 e. The Morgan fingerprint density at radius 1 is 0.800 bits per heavy atom. The molecule has 0 aliphatic carbocycles. The van der Waals surface area contributed by atoms with Crippen LogP contribution in [-0.4, -0.2) is 22.2 Å². The first-order chi connectivity index (χ1) is 21.3. The Bertz CT molecular complexity index is 2280. The predicted molar refractivity (Wildman–Crippen MR) is 185 cm³/mol. The van der Waals surface area contributed by atoms with Gasteiger partial charge in [-0.15, -0.1) is 0 Å². The van der Waals surface area contributed by atoms with E-state index in [1.54, 1.807) is 13.0 Å². The molecule has 0 amide bonds. The summed E-state index contributed by atoms with van der Waals surface area (Å²) < 4.78 is 7.03. The Balaban J connectivity index is 1.60. The quantitative estimate of drug-likeness (QED) is 0.184. The highest BCUT2D eigenvalue weighted by atomic mass is 16.5. The van der Waals surface area contributed by atoms with Gasteiger partial charge in [0.05, 0.1) is 22.0 Å². The van der Waals surface area contributed by atoms with E-state index in [9.17, 15) is 9.90 Å². The molecule has 0 atom stereocenters. The molecule has 0 radical (unpaired) electrons. The molecule has 45 heavy (non-hydrogen) atoms. The van der Waals surface area contributed by atoms with Gasteiger partial charge in [-0.3, -0.25) is 4.99 Å². The fraction of sp³-hybridized carbons (Fsp3) is 0.250. The molecule has 0 saturated carbocycles. The number of aliphatic carboxylic acids is 1. The Labute approximate surface area is 263 Å². The van der Waals surface area contributed by atoms with E-state index in [4.69, 9.17) is 9.73 Å². The monoisotopic (exact) mass is 594 g/mol. The first kappa shape index (κ1) is 28.8. The number of nitrogens with one attached hydrogen (secondary N) is 1. The molecule has 2 N–H and O–H groups in total. The third kappa shape index (κ3) is 4.36. The van der Waals surface area contributed by atoms with Crippen LogP contribution in [0.1, 0.15) is 72.1 Å². The summed E-state index contributed by atoms with van der Waals surface area (Å²) in [6.07, 6.45) is 8.06. The minimum absolute atomic E-state index is 0.151. The number of hydrogen-bond donors (Lipinski definition) is 2. The van der Waals surface area contributed by atoms with E-state index in [0.29, 0.717) is 5.57 Å². The van der Waals surface area contributed by atoms with E-state index in [1.165, 1.54) is 11.1 Å². The van der Waals surface area contributed by atoms with Crippen molar-refractivity contribution in [2.75, 3.05) is 5.32 Å². The summed E-state index contributed by atoms with van der Waals surface area (Å²) in [6.45, 7) is 16.6. The smallest absolute Gasteiger partial charge is 0.335 e. The van der Waals surface area contributed by atoms with Gasteiger partial charge >= 0.3 is 5.97 Å². The molecule has 0 aromatic heterocycles. The lowest BCUT2D eigenvalue weighted by molar-refractivity contribution is -0.132. The zero-order valence-corrected chi connectivity index (χ0v) is 27.1. The van der Waals surface area contributed by atoms with Crippen LogP contribution in [0.4, 0.5) is 5.69 Å². The fourth-order valence-electron chi connectivity index (χ4n) is 7.70. The number of nitrogens with zero attached hydrogens (tertiary/aromatic N) is 1. The van der Waals surface area contributed by atoms with E-state index in [0.717, 1.165) is 71.6 Å². The number of carboxylic acids is 1. The van der Waals surface area contributed by atoms with Crippen LogP contribution in [0, 0.1) is 0 Å². The van der Waals surface area contributed by atoms with Gasteiger partial charge in [-0.25, -0.2) is 4.79 Å². The molecule has 3 aliphatic heterocycles. The number of rotatable bonds is 3. The third-order valence-corrected chi connectivity index (χ3v) is 9.19. The molecule has 4 aromatic carbocycles. The standard InChI is InChI=1S/C40H38N2O3/c1-9-23(24(10-2)38(43)44)35-29-13-11-25-27(15-17-31-33(25)21(3)19-39(5,6)41-31)36(29)45-37-28-16-18-32-34(26(28)12-14-30(35)37)22(4)20-40(7,8)42-32/h9-20,41H,1-8H3,(H,43,44)/b23-9+,24-10+. The van der Waals surface area contributed by atoms with E-state index in [2.05, 4.69) is 108 Å². The van der Waals surface area contributed by atoms with Crippen molar-refractivity contribution in [3.8, 4) is 11.5 Å². The van der Waals surface area contributed by atoms with Crippen LogP contribution in [0.25, 0.3) is 38.3 Å². The summed E-state index contributed by atoms with van der Waals surface area (Å²) in [5.41, 5.74) is 7.98. The highest BCUT2D eigenvalue weighted by Crippen LogP contribution is 2.48. The van der Waals surface area contributed by atoms with Crippen LogP contribution in [-0.2, 0) is 4.79 Å². The summed E-state index contributed by atoms with van der Waals surface area (Å²) in [5, 5.41) is 19.9. The first-order valence-corrected chi connectivity index (χ1v) is 15.6. The minimum atomic E-state index is -0.961. The first-order valence-electron chi connectivity index (χ1n) is 15.6. The van der Waals surface area contributed by atoms with Gasteiger partial charge in [-0.1, -0.05) is 36.4 Å². The van der Waals surface area contributed by atoms with Gasteiger partial charge in [0.15, 0.2) is 0 Å². The van der Waals surface area contributed by atoms with Gasteiger partial charge in [-0.05, 0) is 119 Å².